The Labute approximate surface area is 160 Å². The number of rotatable bonds is 6. The van der Waals surface area contributed by atoms with Crippen molar-refractivity contribution in [1.82, 2.24) is 0 Å². The van der Waals surface area contributed by atoms with Crippen LogP contribution in [0.3, 0.4) is 0 Å². The first-order chi connectivity index (χ1) is 12.2. The van der Waals surface area contributed by atoms with Gasteiger partial charge in [0.25, 0.3) is 10.0 Å². The summed E-state index contributed by atoms with van der Waals surface area (Å²) >= 11 is 11.9. The van der Waals surface area contributed by atoms with E-state index in [0.717, 1.165) is 0 Å². The molecule has 1 N–H and O–H groups in total. The molecule has 0 aliphatic heterocycles. The fraction of sp³-hybridized carbons (Fsp3) is 0.188. The number of halogens is 2. The van der Waals surface area contributed by atoms with Gasteiger partial charge in [0.05, 0.1) is 42.6 Å². The van der Waals surface area contributed by atoms with E-state index in [-0.39, 0.29) is 37.7 Å². The first-order valence-electron chi connectivity index (χ1n) is 7.06. The number of ether oxygens (including phenoxy) is 3. The molecule has 0 aromatic heterocycles. The van der Waals surface area contributed by atoms with Crippen LogP contribution in [0.1, 0.15) is 10.4 Å². The van der Waals surface area contributed by atoms with E-state index in [1.54, 1.807) is 0 Å². The maximum Gasteiger partial charge on any atom is 0.340 e. The van der Waals surface area contributed by atoms with E-state index < -0.39 is 16.0 Å². The molecular formula is C16H15Cl2NO6S. The van der Waals surface area contributed by atoms with Crippen LogP contribution in [-0.4, -0.2) is 35.7 Å². The highest BCUT2D eigenvalue weighted by atomic mass is 35.5. The van der Waals surface area contributed by atoms with Gasteiger partial charge in [-0.2, -0.15) is 0 Å². The van der Waals surface area contributed by atoms with Crippen molar-refractivity contribution >= 4 is 44.9 Å². The number of carbonyl (C=O) groups excluding carboxylic acids is 1. The summed E-state index contributed by atoms with van der Waals surface area (Å²) in [6.45, 7) is 0. The van der Waals surface area contributed by atoms with Crippen LogP contribution in [-0.2, 0) is 14.8 Å². The van der Waals surface area contributed by atoms with Crippen LogP contribution in [0.5, 0.6) is 11.5 Å². The molecule has 0 radical (unpaired) electrons. The number of nitrogens with one attached hydrogen (secondary N) is 1. The second kappa shape index (κ2) is 8.03. The van der Waals surface area contributed by atoms with E-state index in [4.69, 9.17) is 37.4 Å². The summed E-state index contributed by atoms with van der Waals surface area (Å²) in [5.74, 6) is -0.312. The zero-order valence-corrected chi connectivity index (χ0v) is 16.3. The molecule has 10 heteroatoms. The molecule has 2 aromatic carbocycles. The van der Waals surface area contributed by atoms with Crippen LogP contribution in [0, 0.1) is 0 Å². The molecule has 0 heterocycles. The van der Waals surface area contributed by atoms with Crippen molar-refractivity contribution in [2.45, 2.75) is 4.90 Å². The van der Waals surface area contributed by atoms with Crippen LogP contribution >= 0.6 is 23.2 Å². The van der Waals surface area contributed by atoms with E-state index in [1.807, 2.05) is 0 Å². The van der Waals surface area contributed by atoms with E-state index in [2.05, 4.69) is 4.72 Å². The number of hydrogen-bond donors (Lipinski definition) is 1. The van der Waals surface area contributed by atoms with Gasteiger partial charge in [0, 0.05) is 12.1 Å². The van der Waals surface area contributed by atoms with Crippen LogP contribution in [0.15, 0.2) is 35.2 Å². The molecule has 26 heavy (non-hydrogen) atoms. The maximum atomic E-state index is 12.7. The molecule has 0 fully saturated rings. The predicted molar refractivity (Wildman–Crippen MR) is 98.2 cm³/mol. The molecule has 140 valence electrons. The Kier molecular flexibility index (Phi) is 6.22. The van der Waals surface area contributed by atoms with Gasteiger partial charge in [-0.3, -0.25) is 4.72 Å². The van der Waals surface area contributed by atoms with Crippen molar-refractivity contribution in [2.24, 2.45) is 0 Å². The van der Waals surface area contributed by atoms with Gasteiger partial charge in [0.15, 0.2) is 11.5 Å². The van der Waals surface area contributed by atoms with Crippen molar-refractivity contribution < 1.29 is 27.4 Å². The van der Waals surface area contributed by atoms with Gasteiger partial charge in [-0.15, -0.1) is 0 Å². The number of benzene rings is 2. The fourth-order valence-corrected chi connectivity index (χ4v) is 3.97. The summed E-state index contributed by atoms with van der Waals surface area (Å²) in [5, 5.41) is -0.0585. The first kappa shape index (κ1) is 20.2. The van der Waals surface area contributed by atoms with Gasteiger partial charge in [-0.05, 0) is 12.1 Å². The number of sulfonamides is 1. The second-order valence-electron chi connectivity index (χ2n) is 4.90. The summed E-state index contributed by atoms with van der Waals surface area (Å²) in [6, 6.07) is 6.80. The molecule has 0 amide bonds. The summed E-state index contributed by atoms with van der Waals surface area (Å²) in [6.07, 6.45) is 0. The Bertz CT molecular complexity index is 946. The Morgan fingerprint density at radius 3 is 2.23 bits per heavy atom. The van der Waals surface area contributed by atoms with E-state index in [0.29, 0.717) is 0 Å². The molecule has 0 aliphatic carbocycles. The largest absolute Gasteiger partial charge is 0.493 e. The molecular weight excluding hydrogens is 405 g/mol. The third-order valence-corrected chi connectivity index (χ3v) is 5.72. The molecule has 7 nitrogen and oxygen atoms in total. The molecule has 0 saturated carbocycles. The molecule has 0 unspecified atom stereocenters. The number of carbonyl (C=O) groups is 1. The number of hydrogen-bond acceptors (Lipinski definition) is 6. The summed E-state index contributed by atoms with van der Waals surface area (Å²) in [4.78, 5) is 11.8. The quantitative estimate of drug-likeness (QED) is 0.719. The Morgan fingerprint density at radius 2 is 1.65 bits per heavy atom. The van der Waals surface area contributed by atoms with Gasteiger partial charge in [-0.1, -0.05) is 29.3 Å². The van der Waals surface area contributed by atoms with Gasteiger partial charge < -0.3 is 14.2 Å². The molecule has 0 bridgehead atoms. The third kappa shape index (κ3) is 3.98. The number of esters is 1. The van der Waals surface area contributed by atoms with Crippen LogP contribution in [0.4, 0.5) is 5.69 Å². The van der Waals surface area contributed by atoms with Crippen molar-refractivity contribution in [3.63, 3.8) is 0 Å². The zero-order valence-electron chi connectivity index (χ0n) is 14.0. The Balaban J connectivity index is 2.60. The zero-order chi connectivity index (χ0) is 19.5. The number of methoxy groups -OCH3 is 3. The minimum Gasteiger partial charge on any atom is -0.493 e. The SMILES string of the molecule is COC(=O)c1cc(OC)c(OC)cc1NS(=O)(=O)c1cccc(Cl)c1Cl. The van der Waals surface area contributed by atoms with Gasteiger partial charge in [-0.25, -0.2) is 13.2 Å². The standard InChI is InChI=1S/C16H15Cl2NO6S/c1-23-12-7-9(16(20)25-3)11(8-13(12)24-2)19-26(21,22)14-6-4-5-10(17)15(14)18/h4-8,19H,1-3H3. The smallest absolute Gasteiger partial charge is 0.340 e. The van der Waals surface area contributed by atoms with E-state index >= 15 is 0 Å². The summed E-state index contributed by atoms with van der Waals surface area (Å²) < 4.78 is 42.7. The minimum absolute atomic E-state index is 0.0631. The van der Waals surface area contributed by atoms with Crippen LogP contribution in [0.2, 0.25) is 10.0 Å². The predicted octanol–water partition coefficient (Wildman–Crippen LogP) is 3.60. The monoisotopic (exact) mass is 419 g/mol. The van der Waals surface area contributed by atoms with Crippen molar-refractivity contribution in [3.8, 4) is 11.5 Å². The van der Waals surface area contributed by atoms with Crippen molar-refractivity contribution in [1.29, 1.82) is 0 Å². The first-order valence-corrected chi connectivity index (χ1v) is 9.30. The summed E-state index contributed by atoms with van der Waals surface area (Å²) in [5.41, 5.74) is -0.127. The maximum absolute atomic E-state index is 12.7. The average molecular weight is 420 g/mol. The van der Waals surface area contributed by atoms with Gasteiger partial charge in [0.2, 0.25) is 0 Å². The highest BCUT2D eigenvalue weighted by molar-refractivity contribution is 7.92. The molecule has 2 rings (SSSR count). The normalized spacial score (nSPS) is 11.0. The minimum atomic E-state index is -4.15. The van der Waals surface area contributed by atoms with Crippen LogP contribution in [0.25, 0.3) is 0 Å². The number of anilines is 1. The van der Waals surface area contributed by atoms with Crippen molar-refractivity contribution in [2.75, 3.05) is 26.1 Å². The third-order valence-electron chi connectivity index (χ3n) is 3.38. The van der Waals surface area contributed by atoms with Crippen molar-refractivity contribution in [3.05, 3.63) is 45.9 Å². The average Bonchev–Trinajstić information content (AvgIpc) is 2.62. The molecule has 0 atom stereocenters. The lowest BCUT2D eigenvalue weighted by atomic mass is 10.1. The van der Waals surface area contributed by atoms with E-state index in [1.165, 1.54) is 51.7 Å². The Morgan fingerprint density at radius 1 is 1.04 bits per heavy atom. The molecule has 0 aliphatic rings. The van der Waals surface area contributed by atoms with Crippen LogP contribution < -0.4 is 14.2 Å². The molecule has 0 spiro atoms. The lowest BCUT2D eigenvalue weighted by Crippen LogP contribution is -2.17. The van der Waals surface area contributed by atoms with Gasteiger partial charge >= 0.3 is 5.97 Å². The fourth-order valence-electron chi connectivity index (χ4n) is 2.13. The lowest BCUT2D eigenvalue weighted by Gasteiger charge is -2.16. The van der Waals surface area contributed by atoms with E-state index in [9.17, 15) is 13.2 Å². The topological polar surface area (TPSA) is 90.9 Å². The Hall–Kier alpha value is -2.16. The highest BCUT2D eigenvalue weighted by Gasteiger charge is 2.24. The van der Waals surface area contributed by atoms with Gasteiger partial charge in [0.1, 0.15) is 4.90 Å². The summed E-state index contributed by atoms with van der Waals surface area (Å²) in [7, 11) is -0.214. The lowest BCUT2D eigenvalue weighted by molar-refractivity contribution is 0.0601. The highest BCUT2D eigenvalue weighted by Crippen LogP contribution is 2.36. The second-order valence-corrected chi connectivity index (χ2v) is 7.34. The molecule has 0 saturated heterocycles. The molecule has 2 aromatic rings.